The lowest BCUT2D eigenvalue weighted by Crippen LogP contribution is -1.94. The highest BCUT2D eigenvalue weighted by atomic mass is 32.1. The molecule has 0 amide bonds. The van der Waals surface area contributed by atoms with Crippen LogP contribution in [0.25, 0.3) is 0 Å². The number of aryl methyl sites for hydroxylation is 1. The fourth-order valence-electron chi connectivity index (χ4n) is 2.59. The molecule has 0 aliphatic heterocycles. The first kappa shape index (κ1) is 11.8. The van der Waals surface area contributed by atoms with Crippen molar-refractivity contribution in [1.29, 1.82) is 0 Å². The van der Waals surface area contributed by atoms with Crippen molar-refractivity contribution in [1.82, 2.24) is 4.98 Å². The normalized spacial score (nSPS) is 24.9. The van der Waals surface area contributed by atoms with E-state index in [-0.39, 0.29) is 5.78 Å². The fraction of sp³-hybridized carbons (Fsp3) is 0.692. The number of thiazole rings is 1. The Kier molecular flexibility index (Phi) is 3.43. The molecule has 2 nitrogen and oxygen atoms in total. The molecule has 0 radical (unpaired) electrons. The van der Waals surface area contributed by atoms with E-state index in [9.17, 15) is 4.79 Å². The minimum atomic E-state index is 0.159. The van der Waals surface area contributed by atoms with Crippen molar-refractivity contribution in [2.75, 3.05) is 0 Å². The van der Waals surface area contributed by atoms with Gasteiger partial charge in [0.2, 0.25) is 0 Å². The first-order chi connectivity index (χ1) is 7.61. The highest BCUT2D eigenvalue weighted by Gasteiger charge is 2.27. The van der Waals surface area contributed by atoms with Crippen molar-refractivity contribution in [3.05, 3.63) is 15.6 Å². The number of Topliss-reactive ketones (excluding diaryl/α,β-unsaturated/α-hetero) is 1. The lowest BCUT2D eigenvalue weighted by atomic mass is 10.0. The quantitative estimate of drug-likeness (QED) is 0.745. The first-order valence-electron chi connectivity index (χ1n) is 6.10. The van der Waals surface area contributed by atoms with Gasteiger partial charge in [0.05, 0.1) is 15.6 Å². The molecule has 3 heteroatoms. The fourth-order valence-corrected chi connectivity index (χ4v) is 3.70. The van der Waals surface area contributed by atoms with E-state index < -0.39 is 0 Å². The molecule has 1 aliphatic rings. The second-order valence-corrected chi connectivity index (χ2v) is 5.84. The molecule has 16 heavy (non-hydrogen) atoms. The van der Waals surface area contributed by atoms with Crippen LogP contribution >= 0.6 is 11.3 Å². The molecule has 1 aliphatic carbocycles. The van der Waals surface area contributed by atoms with Crippen molar-refractivity contribution in [3.63, 3.8) is 0 Å². The summed E-state index contributed by atoms with van der Waals surface area (Å²) in [6.07, 6.45) is 5.12. The molecule has 0 spiro atoms. The Hall–Kier alpha value is -0.700. The van der Waals surface area contributed by atoms with E-state index in [1.165, 1.54) is 30.7 Å². The molecule has 0 N–H and O–H groups in total. The highest BCUT2D eigenvalue weighted by molar-refractivity contribution is 7.13. The summed E-state index contributed by atoms with van der Waals surface area (Å²) in [5.74, 6) is 1.64. The average molecular weight is 237 g/mol. The molecule has 0 bridgehead atoms. The number of hydrogen-bond acceptors (Lipinski definition) is 3. The van der Waals surface area contributed by atoms with Gasteiger partial charge in [-0.2, -0.15) is 0 Å². The minimum absolute atomic E-state index is 0.159. The molecular weight excluding hydrogens is 218 g/mol. The van der Waals surface area contributed by atoms with E-state index in [2.05, 4.69) is 11.9 Å². The van der Waals surface area contributed by atoms with E-state index in [4.69, 9.17) is 0 Å². The molecule has 2 rings (SSSR count). The number of carbonyl (C=O) groups excluding carboxylic acids is 1. The monoisotopic (exact) mass is 237 g/mol. The third-order valence-corrected chi connectivity index (χ3v) is 5.02. The van der Waals surface area contributed by atoms with Crippen molar-refractivity contribution in [2.24, 2.45) is 5.92 Å². The number of rotatable bonds is 3. The summed E-state index contributed by atoms with van der Waals surface area (Å²) >= 11 is 1.62. The number of hydrogen-bond donors (Lipinski definition) is 0. The topological polar surface area (TPSA) is 30.0 Å². The molecule has 1 fully saturated rings. The van der Waals surface area contributed by atoms with E-state index in [0.717, 1.165) is 16.5 Å². The molecule has 2 atom stereocenters. The maximum Gasteiger partial charge on any atom is 0.171 e. The second kappa shape index (κ2) is 4.66. The average Bonchev–Trinajstić information content (AvgIpc) is 2.83. The Bertz CT molecular complexity index is 397. The van der Waals surface area contributed by atoms with Gasteiger partial charge in [-0.05, 0) is 32.1 Å². The Labute approximate surface area is 101 Å². The van der Waals surface area contributed by atoms with Gasteiger partial charge in [-0.3, -0.25) is 4.79 Å². The zero-order valence-corrected chi connectivity index (χ0v) is 11.1. The summed E-state index contributed by atoms with van der Waals surface area (Å²) in [6.45, 7) is 5.85. The predicted octanol–water partition coefficient (Wildman–Crippen LogP) is 3.95. The number of ketones is 1. The standard InChI is InChI=1S/C13H19NOS/c1-4-10-5-6-11(7-10)13-14-8(2)12(16-13)9(3)15/h10-11H,4-7H2,1-3H3. The molecule has 1 aromatic rings. The second-order valence-electron chi connectivity index (χ2n) is 4.81. The molecule has 1 heterocycles. The molecule has 2 unspecified atom stereocenters. The van der Waals surface area contributed by atoms with Gasteiger partial charge >= 0.3 is 0 Å². The summed E-state index contributed by atoms with van der Waals surface area (Å²) in [5.41, 5.74) is 0.924. The van der Waals surface area contributed by atoms with Gasteiger partial charge in [0, 0.05) is 12.8 Å². The third-order valence-electron chi connectivity index (χ3n) is 3.60. The van der Waals surface area contributed by atoms with Crippen molar-refractivity contribution >= 4 is 17.1 Å². The van der Waals surface area contributed by atoms with E-state index >= 15 is 0 Å². The molecule has 1 saturated carbocycles. The lowest BCUT2D eigenvalue weighted by molar-refractivity contribution is 0.102. The maximum absolute atomic E-state index is 11.4. The summed E-state index contributed by atoms with van der Waals surface area (Å²) in [4.78, 5) is 16.8. The number of carbonyl (C=O) groups is 1. The van der Waals surface area contributed by atoms with E-state index in [1.54, 1.807) is 18.3 Å². The van der Waals surface area contributed by atoms with Gasteiger partial charge in [0.25, 0.3) is 0 Å². The van der Waals surface area contributed by atoms with E-state index in [0.29, 0.717) is 5.92 Å². The summed E-state index contributed by atoms with van der Waals surface area (Å²) in [6, 6.07) is 0. The van der Waals surface area contributed by atoms with Crippen LogP contribution in [0.5, 0.6) is 0 Å². The van der Waals surface area contributed by atoms with Gasteiger partial charge in [0.15, 0.2) is 5.78 Å². The van der Waals surface area contributed by atoms with Crippen LogP contribution < -0.4 is 0 Å². The van der Waals surface area contributed by atoms with E-state index in [1.807, 2.05) is 6.92 Å². The van der Waals surface area contributed by atoms with Gasteiger partial charge in [-0.15, -0.1) is 11.3 Å². The largest absolute Gasteiger partial charge is 0.294 e. The van der Waals surface area contributed by atoms with Crippen LogP contribution in [-0.2, 0) is 0 Å². The number of aromatic nitrogens is 1. The molecule has 1 aromatic heterocycles. The van der Waals surface area contributed by atoms with Gasteiger partial charge in [-0.25, -0.2) is 4.98 Å². The third kappa shape index (κ3) is 2.19. The molecule has 88 valence electrons. The van der Waals surface area contributed by atoms with Crippen LogP contribution in [0.4, 0.5) is 0 Å². The first-order valence-corrected chi connectivity index (χ1v) is 6.91. The lowest BCUT2D eigenvalue weighted by Gasteiger charge is -2.05. The Morgan fingerprint density at radius 2 is 2.25 bits per heavy atom. The van der Waals surface area contributed by atoms with Gasteiger partial charge < -0.3 is 0 Å². The van der Waals surface area contributed by atoms with Crippen LogP contribution in [0.2, 0.25) is 0 Å². The van der Waals surface area contributed by atoms with Gasteiger partial charge in [-0.1, -0.05) is 13.3 Å². The maximum atomic E-state index is 11.4. The summed E-state index contributed by atoms with van der Waals surface area (Å²) < 4.78 is 0. The molecule has 0 aromatic carbocycles. The number of nitrogens with zero attached hydrogens (tertiary/aromatic N) is 1. The van der Waals surface area contributed by atoms with Crippen LogP contribution in [-0.4, -0.2) is 10.8 Å². The Morgan fingerprint density at radius 1 is 1.50 bits per heavy atom. The highest BCUT2D eigenvalue weighted by Crippen LogP contribution is 2.41. The molecule has 0 saturated heterocycles. The van der Waals surface area contributed by atoms with Crippen molar-refractivity contribution in [2.45, 2.75) is 52.4 Å². The minimum Gasteiger partial charge on any atom is -0.294 e. The Balaban J connectivity index is 2.16. The van der Waals surface area contributed by atoms with Gasteiger partial charge in [0.1, 0.15) is 0 Å². The summed E-state index contributed by atoms with van der Waals surface area (Å²) in [5, 5.41) is 1.19. The van der Waals surface area contributed by atoms with Crippen LogP contribution in [0.15, 0.2) is 0 Å². The smallest absolute Gasteiger partial charge is 0.171 e. The van der Waals surface area contributed by atoms with Crippen LogP contribution in [0.3, 0.4) is 0 Å². The zero-order valence-electron chi connectivity index (χ0n) is 10.2. The SMILES string of the molecule is CCC1CCC(c2nc(C)c(C(C)=O)s2)C1. The van der Waals surface area contributed by atoms with Crippen LogP contribution in [0, 0.1) is 12.8 Å². The molecular formula is C13H19NOS. The summed E-state index contributed by atoms with van der Waals surface area (Å²) in [7, 11) is 0. The zero-order chi connectivity index (χ0) is 11.7. The Morgan fingerprint density at radius 3 is 2.75 bits per heavy atom. The van der Waals surface area contributed by atoms with Crippen molar-refractivity contribution in [3.8, 4) is 0 Å². The predicted molar refractivity (Wildman–Crippen MR) is 67.2 cm³/mol. The van der Waals surface area contributed by atoms with Crippen LogP contribution in [0.1, 0.15) is 65.8 Å². The van der Waals surface area contributed by atoms with Crippen molar-refractivity contribution < 1.29 is 4.79 Å².